The molecule has 1 amide bonds. The quantitative estimate of drug-likeness (QED) is 0.0204. The molecule has 75 heavy (non-hydrogen) atoms. The first kappa shape index (κ1) is 69.3. The van der Waals surface area contributed by atoms with Crippen LogP contribution in [0.4, 0.5) is 0 Å². The van der Waals surface area contributed by atoms with Gasteiger partial charge in [-0.1, -0.05) is 230 Å². The number of amides is 1. The number of hydrogen-bond acceptors (Lipinski definition) is 13. The number of carbonyl (C=O) groups excluding carboxylic acids is 1. The fourth-order valence-electron chi connectivity index (χ4n) is 10.1. The third-order valence-electron chi connectivity index (χ3n) is 15.0. The number of unbranched alkanes of at least 4 members (excludes halogenated alkanes) is 32. The summed E-state index contributed by atoms with van der Waals surface area (Å²) in [5, 5.41) is 86.7. The second kappa shape index (κ2) is 47.1. The van der Waals surface area contributed by atoms with Crippen LogP contribution in [0.5, 0.6) is 0 Å². The van der Waals surface area contributed by atoms with E-state index in [9.17, 15) is 45.6 Å². The van der Waals surface area contributed by atoms with Crippen molar-refractivity contribution < 1.29 is 64.6 Å². The normalized spacial score (nSPS) is 25.3. The number of allylic oxidation sites excluding steroid dienone is 5. The van der Waals surface area contributed by atoms with Gasteiger partial charge >= 0.3 is 0 Å². The van der Waals surface area contributed by atoms with Crippen molar-refractivity contribution in [1.29, 1.82) is 0 Å². The Labute approximate surface area is 455 Å². The van der Waals surface area contributed by atoms with Crippen molar-refractivity contribution in [2.75, 3.05) is 19.8 Å². The van der Waals surface area contributed by atoms with Crippen molar-refractivity contribution in [3.8, 4) is 0 Å². The minimum Gasteiger partial charge on any atom is -0.394 e. The van der Waals surface area contributed by atoms with E-state index in [4.69, 9.17) is 18.9 Å². The summed E-state index contributed by atoms with van der Waals surface area (Å²) in [5.41, 5.74) is 0. The van der Waals surface area contributed by atoms with E-state index in [2.05, 4.69) is 43.5 Å². The molecule has 12 unspecified atom stereocenters. The van der Waals surface area contributed by atoms with Crippen molar-refractivity contribution in [1.82, 2.24) is 5.32 Å². The van der Waals surface area contributed by atoms with Crippen LogP contribution in [0.15, 0.2) is 36.5 Å². The lowest BCUT2D eigenvalue weighted by Gasteiger charge is -2.46. The molecule has 14 heteroatoms. The number of hydrogen-bond donors (Lipinski definition) is 9. The Morgan fingerprint density at radius 2 is 0.867 bits per heavy atom. The lowest BCUT2D eigenvalue weighted by molar-refractivity contribution is -0.359. The highest BCUT2D eigenvalue weighted by atomic mass is 16.7. The summed E-state index contributed by atoms with van der Waals surface area (Å²) in [5.74, 6) is -0.250. The SMILES string of the molecule is CCCC/C=C/CC/C=C/C(O)C(COC1OC(CO)C(OC2OC(CO)C(O)C(O)C2O)C(O)C1O)NC(=O)CCCCCCCCCCCCCCCCCCCCCCC/C=C\CCCCCCCCCC. The largest absolute Gasteiger partial charge is 0.394 e. The van der Waals surface area contributed by atoms with Crippen LogP contribution in [-0.4, -0.2) is 140 Å². The Kier molecular flexibility index (Phi) is 43.5. The number of ether oxygens (including phenoxy) is 4. The van der Waals surface area contributed by atoms with Crippen molar-refractivity contribution in [2.24, 2.45) is 0 Å². The van der Waals surface area contributed by atoms with E-state index in [0.717, 1.165) is 44.9 Å². The Morgan fingerprint density at radius 1 is 0.467 bits per heavy atom. The Hall–Kier alpha value is -1.79. The molecule has 0 spiro atoms. The van der Waals surface area contributed by atoms with Crippen LogP contribution in [0.25, 0.3) is 0 Å². The standard InChI is InChI=1S/C61H113NO13/c1-3-5-7-9-11-13-14-15-16-17-18-19-20-21-22-23-24-25-26-27-28-29-30-31-32-33-34-35-36-37-39-41-43-45-53(66)62-49(50(65)44-42-40-38-12-10-8-6-4-2)48-72-60-58(71)56(69)59(52(47-64)74-60)75-61-57(70)55(68)54(67)51(46-63)73-61/h10,12,17-18,42,44,49-52,54-61,63-65,67-71H,3-9,11,13-16,19-41,43,45-48H2,1-2H3,(H,62,66)/b12-10+,18-17-,44-42+. The van der Waals surface area contributed by atoms with Gasteiger partial charge in [-0.2, -0.15) is 0 Å². The van der Waals surface area contributed by atoms with Gasteiger partial charge in [-0.15, -0.1) is 0 Å². The van der Waals surface area contributed by atoms with E-state index >= 15 is 0 Å². The zero-order valence-corrected chi connectivity index (χ0v) is 47.3. The summed E-state index contributed by atoms with van der Waals surface area (Å²) in [6.07, 6.45) is 41.1. The monoisotopic (exact) mass is 1070 g/mol. The molecule has 2 rings (SSSR count). The predicted molar refractivity (Wildman–Crippen MR) is 300 cm³/mol. The third-order valence-corrected chi connectivity index (χ3v) is 15.0. The molecule has 14 nitrogen and oxygen atoms in total. The predicted octanol–water partition coefficient (Wildman–Crippen LogP) is 10.6. The van der Waals surface area contributed by atoms with Crippen LogP contribution >= 0.6 is 0 Å². The van der Waals surface area contributed by atoms with Gasteiger partial charge in [0.15, 0.2) is 12.6 Å². The second-order valence-electron chi connectivity index (χ2n) is 21.8. The van der Waals surface area contributed by atoms with Gasteiger partial charge in [-0.3, -0.25) is 4.79 Å². The van der Waals surface area contributed by atoms with Crippen molar-refractivity contribution in [3.05, 3.63) is 36.5 Å². The lowest BCUT2D eigenvalue weighted by Crippen LogP contribution is -2.65. The summed E-state index contributed by atoms with van der Waals surface area (Å²) >= 11 is 0. The van der Waals surface area contributed by atoms with Gasteiger partial charge in [0.25, 0.3) is 0 Å². The van der Waals surface area contributed by atoms with E-state index < -0.39 is 86.8 Å². The Balaban J connectivity index is 1.57. The molecule has 0 saturated carbocycles. The number of carbonyl (C=O) groups is 1. The molecule has 9 N–H and O–H groups in total. The summed E-state index contributed by atoms with van der Waals surface area (Å²) in [6, 6.07) is -0.927. The zero-order chi connectivity index (χ0) is 54.6. The first-order valence-electron chi connectivity index (χ1n) is 30.7. The van der Waals surface area contributed by atoms with E-state index in [0.29, 0.717) is 12.8 Å². The average molecular weight is 1070 g/mol. The first-order chi connectivity index (χ1) is 36.6. The number of aliphatic hydroxyl groups excluding tert-OH is 8. The molecular weight excluding hydrogens is 955 g/mol. The van der Waals surface area contributed by atoms with Gasteiger partial charge in [-0.25, -0.2) is 0 Å². The molecule has 0 aromatic carbocycles. The van der Waals surface area contributed by atoms with Crippen LogP contribution < -0.4 is 5.32 Å². The molecule has 2 heterocycles. The minimum absolute atomic E-state index is 0.250. The minimum atomic E-state index is -1.79. The van der Waals surface area contributed by atoms with Crippen molar-refractivity contribution in [2.45, 2.75) is 325 Å². The maximum Gasteiger partial charge on any atom is 0.220 e. The van der Waals surface area contributed by atoms with E-state index in [1.807, 2.05) is 6.08 Å². The second-order valence-corrected chi connectivity index (χ2v) is 21.8. The number of aliphatic hydroxyl groups is 8. The van der Waals surface area contributed by atoms with Crippen LogP contribution in [0.3, 0.4) is 0 Å². The van der Waals surface area contributed by atoms with Crippen LogP contribution in [0.1, 0.15) is 251 Å². The van der Waals surface area contributed by atoms with E-state index in [1.165, 1.54) is 173 Å². The maximum atomic E-state index is 13.2. The van der Waals surface area contributed by atoms with Gasteiger partial charge in [0.05, 0.1) is 32.0 Å². The van der Waals surface area contributed by atoms with Crippen LogP contribution in [0.2, 0.25) is 0 Å². The highest BCUT2D eigenvalue weighted by Gasteiger charge is 2.51. The lowest BCUT2D eigenvalue weighted by atomic mass is 9.97. The summed E-state index contributed by atoms with van der Waals surface area (Å²) in [7, 11) is 0. The molecule has 0 bridgehead atoms. The molecule has 2 fully saturated rings. The van der Waals surface area contributed by atoms with Crippen LogP contribution in [-0.2, 0) is 23.7 Å². The van der Waals surface area contributed by atoms with Gasteiger partial charge in [0, 0.05) is 6.42 Å². The fourth-order valence-corrected chi connectivity index (χ4v) is 10.1. The molecule has 2 saturated heterocycles. The highest BCUT2D eigenvalue weighted by Crippen LogP contribution is 2.30. The van der Waals surface area contributed by atoms with E-state index in [-0.39, 0.29) is 18.9 Å². The average Bonchev–Trinajstić information content (AvgIpc) is 3.41. The summed E-state index contributed by atoms with van der Waals surface area (Å²) in [6.45, 7) is 2.70. The van der Waals surface area contributed by atoms with Crippen molar-refractivity contribution in [3.63, 3.8) is 0 Å². The molecule has 0 aromatic rings. The van der Waals surface area contributed by atoms with Gasteiger partial charge < -0.3 is 65.1 Å². The molecule has 440 valence electrons. The fraction of sp³-hybridized carbons (Fsp3) is 0.885. The van der Waals surface area contributed by atoms with E-state index in [1.54, 1.807) is 6.08 Å². The van der Waals surface area contributed by atoms with Gasteiger partial charge in [-0.05, 0) is 51.4 Å². The Morgan fingerprint density at radius 3 is 1.35 bits per heavy atom. The molecule has 2 aliphatic rings. The van der Waals surface area contributed by atoms with Gasteiger partial charge in [0.1, 0.15) is 48.8 Å². The maximum absolute atomic E-state index is 13.2. The first-order valence-corrected chi connectivity index (χ1v) is 30.7. The van der Waals surface area contributed by atoms with Crippen molar-refractivity contribution >= 4 is 5.91 Å². The molecule has 2 aliphatic heterocycles. The molecular formula is C61H113NO13. The zero-order valence-electron chi connectivity index (χ0n) is 47.3. The third kappa shape index (κ3) is 32.8. The molecule has 12 atom stereocenters. The smallest absolute Gasteiger partial charge is 0.220 e. The van der Waals surface area contributed by atoms with Gasteiger partial charge in [0.2, 0.25) is 5.91 Å². The molecule has 0 aliphatic carbocycles. The topological polar surface area (TPSA) is 228 Å². The van der Waals surface area contributed by atoms with Crippen LogP contribution in [0, 0.1) is 0 Å². The number of nitrogens with one attached hydrogen (secondary N) is 1. The summed E-state index contributed by atoms with van der Waals surface area (Å²) in [4.78, 5) is 13.2. The summed E-state index contributed by atoms with van der Waals surface area (Å²) < 4.78 is 22.7. The Bertz CT molecular complexity index is 1400. The molecule has 0 aromatic heterocycles. The molecule has 0 radical (unpaired) electrons. The highest BCUT2D eigenvalue weighted by molar-refractivity contribution is 5.76. The number of rotatable bonds is 49.